The van der Waals surface area contributed by atoms with Crippen molar-refractivity contribution in [2.24, 2.45) is 5.92 Å². The van der Waals surface area contributed by atoms with Crippen molar-refractivity contribution in [3.05, 3.63) is 0 Å². The summed E-state index contributed by atoms with van der Waals surface area (Å²) in [5.74, 6) is 0.0984. The zero-order valence-electron chi connectivity index (χ0n) is 11.1. The molecule has 0 aromatic heterocycles. The highest BCUT2D eigenvalue weighted by atomic mass is 16.5. The van der Waals surface area contributed by atoms with Crippen molar-refractivity contribution in [1.29, 1.82) is 5.26 Å². The third-order valence-electron chi connectivity index (χ3n) is 4.15. The van der Waals surface area contributed by atoms with E-state index in [1.807, 2.05) is 6.92 Å². The number of likely N-dealkylation sites (tertiary alicyclic amines) is 1. The van der Waals surface area contributed by atoms with Gasteiger partial charge in [-0.3, -0.25) is 9.69 Å². The highest BCUT2D eigenvalue weighted by Gasteiger charge is 2.38. The number of nitriles is 1. The van der Waals surface area contributed by atoms with Gasteiger partial charge < -0.3 is 4.74 Å². The molecule has 0 aromatic carbocycles. The molecule has 0 N–H and O–H groups in total. The van der Waals surface area contributed by atoms with E-state index >= 15 is 0 Å². The lowest BCUT2D eigenvalue weighted by Gasteiger charge is -2.35. The van der Waals surface area contributed by atoms with E-state index < -0.39 is 0 Å². The molecule has 2 fully saturated rings. The largest absolute Gasteiger partial charge is 0.465 e. The lowest BCUT2D eigenvalue weighted by Crippen LogP contribution is -2.45. The maximum Gasteiger partial charge on any atom is 0.323 e. The minimum atomic E-state index is -0.0749. The number of nitrogens with zero attached hydrogens (tertiary/aromatic N) is 2. The van der Waals surface area contributed by atoms with Crippen LogP contribution in [0.4, 0.5) is 0 Å². The minimum Gasteiger partial charge on any atom is -0.465 e. The van der Waals surface area contributed by atoms with Gasteiger partial charge >= 0.3 is 5.97 Å². The van der Waals surface area contributed by atoms with Crippen LogP contribution < -0.4 is 0 Å². The Morgan fingerprint density at radius 3 is 2.94 bits per heavy atom. The summed E-state index contributed by atoms with van der Waals surface area (Å²) in [6.07, 6.45) is 6.14. The third-order valence-corrected chi connectivity index (χ3v) is 4.15. The van der Waals surface area contributed by atoms with Crippen molar-refractivity contribution in [3.63, 3.8) is 0 Å². The molecule has 4 heteroatoms. The number of carbonyl (C=O) groups excluding carboxylic acids is 1. The summed E-state index contributed by atoms with van der Waals surface area (Å²) in [5.41, 5.74) is 0. The van der Waals surface area contributed by atoms with Crippen LogP contribution in [0.25, 0.3) is 0 Å². The summed E-state index contributed by atoms with van der Waals surface area (Å²) in [6, 6.07) is 2.72. The molecule has 0 amide bonds. The summed E-state index contributed by atoms with van der Waals surface area (Å²) in [4.78, 5) is 14.2. The highest BCUT2D eigenvalue weighted by Crippen LogP contribution is 2.32. The molecule has 2 aliphatic rings. The molecule has 18 heavy (non-hydrogen) atoms. The van der Waals surface area contributed by atoms with Gasteiger partial charge in [0.05, 0.1) is 12.7 Å². The Morgan fingerprint density at radius 2 is 2.22 bits per heavy atom. The van der Waals surface area contributed by atoms with Gasteiger partial charge in [-0.15, -0.1) is 0 Å². The number of esters is 1. The van der Waals surface area contributed by atoms with Crippen LogP contribution in [0.2, 0.25) is 0 Å². The average Bonchev–Trinajstić information content (AvgIpc) is 2.88. The lowest BCUT2D eigenvalue weighted by molar-refractivity contribution is -0.149. The van der Waals surface area contributed by atoms with Gasteiger partial charge in [-0.25, -0.2) is 0 Å². The zero-order chi connectivity index (χ0) is 13.0. The van der Waals surface area contributed by atoms with Gasteiger partial charge in [-0.05, 0) is 45.6 Å². The van der Waals surface area contributed by atoms with E-state index in [0.717, 1.165) is 45.1 Å². The Kier molecular flexibility index (Phi) is 4.60. The molecule has 0 aromatic rings. The third kappa shape index (κ3) is 2.84. The summed E-state index contributed by atoms with van der Waals surface area (Å²) >= 11 is 0. The second-order valence-electron chi connectivity index (χ2n) is 5.29. The minimum absolute atomic E-state index is 0.0626. The number of carbonyl (C=O) groups is 1. The van der Waals surface area contributed by atoms with Crippen LogP contribution in [-0.2, 0) is 9.53 Å². The van der Waals surface area contributed by atoms with Gasteiger partial charge in [0.2, 0.25) is 0 Å². The zero-order valence-corrected chi connectivity index (χ0v) is 11.1. The molecule has 1 aliphatic carbocycles. The molecule has 2 rings (SSSR count). The van der Waals surface area contributed by atoms with Crippen molar-refractivity contribution in [2.75, 3.05) is 13.2 Å². The molecule has 0 bridgehead atoms. The van der Waals surface area contributed by atoms with E-state index in [1.165, 1.54) is 0 Å². The first-order chi connectivity index (χ1) is 8.76. The second kappa shape index (κ2) is 6.19. The molecule has 1 saturated heterocycles. The number of hydrogen-bond acceptors (Lipinski definition) is 4. The van der Waals surface area contributed by atoms with Gasteiger partial charge in [-0.2, -0.15) is 5.26 Å². The van der Waals surface area contributed by atoms with Crippen molar-refractivity contribution < 1.29 is 9.53 Å². The molecular formula is C14H22N2O2. The first kappa shape index (κ1) is 13.4. The molecule has 1 saturated carbocycles. The molecule has 100 valence electrons. The van der Waals surface area contributed by atoms with Crippen LogP contribution in [0.3, 0.4) is 0 Å². The lowest BCUT2D eigenvalue weighted by atomic mass is 9.85. The topological polar surface area (TPSA) is 53.3 Å². The molecule has 4 nitrogen and oxygen atoms in total. The number of hydrogen-bond donors (Lipinski definition) is 0. The molecule has 1 heterocycles. The Hall–Kier alpha value is -1.08. The maximum atomic E-state index is 11.9. The predicted molar refractivity (Wildman–Crippen MR) is 67.7 cm³/mol. The van der Waals surface area contributed by atoms with Crippen molar-refractivity contribution in [1.82, 2.24) is 4.90 Å². The van der Waals surface area contributed by atoms with Gasteiger partial charge in [-0.1, -0.05) is 6.42 Å². The fourth-order valence-electron chi connectivity index (χ4n) is 3.30. The normalized spacial score (nSPS) is 33.0. The summed E-state index contributed by atoms with van der Waals surface area (Å²) in [5, 5.41) is 9.05. The molecule has 0 spiro atoms. The molecule has 0 unspecified atom stereocenters. The second-order valence-corrected chi connectivity index (χ2v) is 5.29. The molecule has 3 atom stereocenters. The van der Waals surface area contributed by atoms with Gasteiger partial charge in [0, 0.05) is 12.0 Å². The van der Waals surface area contributed by atoms with E-state index in [9.17, 15) is 4.79 Å². The first-order valence-corrected chi connectivity index (χ1v) is 7.08. The quantitative estimate of drug-likeness (QED) is 0.720. The Balaban J connectivity index is 1.98. The van der Waals surface area contributed by atoms with Gasteiger partial charge in [0.1, 0.15) is 6.04 Å². The van der Waals surface area contributed by atoms with Crippen LogP contribution in [-0.4, -0.2) is 36.1 Å². The molecular weight excluding hydrogens is 228 g/mol. The Morgan fingerprint density at radius 1 is 1.39 bits per heavy atom. The van der Waals surface area contributed by atoms with Crippen molar-refractivity contribution in [3.8, 4) is 6.07 Å². The Labute approximate surface area is 109 Å². The fourth-order valence-corrected chi connectivity index (χ4v) is 3.30. The molecule has 1 aliphatic heterocycles. The van der Waals surface area contributed by atoms with E-state index in [1.54, 1.807) is 0 Å². The first-order valence-electron chi connectivity index (χ1n) is 7.08. The van der Waals surface area contributed by atoms with Crippen LogP contribution in [0.1, 0.15) is 45.4 Å². The smallest absolute Gasteiger partial charge is 0.323 e. The van der Waals surface area contributed by atoms with Gasteiger partial charge in [0.25, 0.3) is 0 Å². The van der Waals surface area contributed by atoms with Crippen LogP contribution in [0.15, 0.2) is 0 Å². The van der Waals surface area contributed by atoms with Crippen molar-refractivity contribution >= 4 is 5.97 Å². The standard InChI is InChI=1S/C14H22N2O2/c1-2-18-14(17)13-7-4-8-16(13)12-6-3-5-11(9-12)10-15/h11-13H,2-9H2,1H3/t11-,12+,13+/m0/s1. The highest BCUT2D eigenvalue weighted by molar-refractivity contribution is 5.76. The Bertz CT molecular complexity index is 337. The van der Waals surface area contributed by atoms with E-state index in [2.05, 4.69) is 11.0 Å². The van der Waals surface area contributed by atoms with Gasteiger partial charge in [0.15, 0.2) is 0 Å². The summed E-state index contributed by atoms with van der Waals surface area (Å²) in [6.45, 7) is 3.28. The molecule has 0 radical (unpaired) electrons. The average molecular weight is 250 g/mol. The van der Waals surface area contributed by atoms with Crippen LogP contribution >= 0.6 is 0 Å². The number of ether oxygens (including phenoxy) is 1. The SMILES string of the molecule is CCOC(=O)[C@H]1CCCN1[C@@H]1CCC[C@H](C#N)C1. The summed E-state index contributed by atoms with van der Waals surface area (Å²) in [7, 11) is 0. The monoisotopic (exact) mass is 250 g/mol. The number of rotatable bonds is 3. The summed E-state index contributed by atoms with van der Waals surface area (Å²) < 4.78 is 5.15. The van der Waals surface area contributed by atoms with E-state index in [-0.39, 0.29) is 17.9 Å². The predicted octanol–water partition coefficient (Wildman–Crippen LogP) is 2.10. The fraction of sp³-hybridized carbons (Fsp3) is 0.857. The van der Waals surface area contributed by atoms with Crippen molar-refractivity contribution in [2.45, 2.75) is 57.5 Å². The maximum absolute atomic E-state index is 11.9. The van der Waals surface area contributed by atoms with E-state index in [0.29, 0.717) is 12.6 Å². The van der Waals surface area contributed by atoms with Crippen LogP contribution in [0.5, 0.6) is 0 Å². The van der Waals surface area contributed by atoms with Crippen LogP contribution in [0, 0.1) is 17.2 Å². The van der Waals surface area contributed by atoms with E-state index in [4.69, 9.17) is 10.00 Å².